The highest BCUT2D eigenvalue weighted by Crippen LogP contribution is 2.25. The normalized spacial score (nSPS) is 17.0. The van der Waals surface area contributed by atoms with Crippen molar-refractivity contribution in [1.82, 2.24) is 9.55 Å². The molecule has 0 spiro atoms. The molecule has 0 aromatic carbocycles. The van der Waals surface area contributed by atoms with E-state index in [1.165, 1.54) is 25.7 Å². The molecule has 1 aromatic heterocycles. The number of hydrogen-bond acceptors (Lipinski definition) is 2. The van der Waals surface area contributed by atoms with E-state index >= 15 is 0 Å². The predicted octanol–water partition coefficient (Wildman–Crippen LogP) is 4.17. The molecule has 1 aliphatic carbocycles. The maximum Gasteiger partial charge on any atom is 0.202 e. The zero-order valence-corrected chi connectivity index (χ0v) is 12.9. The first-order valence-corrected chi connectivity index (χ1v) is 7.85. The van der Waals surface area contributed by atoms with Crippen molar-refractivity contribution in [1.29, 1.82) is 0 Å². The zero-order valence-electron chi connectivity index (χ0n) is 12.9. The summed E-state index contributed by atoms with van der Waals surface area (Å²) in [7, 11) is 0. The Balaban J connectivity index is 2.01. The molecule has 3 nitrogen and oxygen atoms in total. The number of imidazole rings is 1. The topological polar surface area (TPSA) is 29.9 Å². The first-order chi connectivity index (χ1) is 9.08. The van der Waals surface area contributed by atoms with Crippen LogP contribution in [-0.4, -0.2) is 15.6 Å². The summed E-state index contributed by atoms with van der Waals surface area (Å²) in [6.45, 7) is 10.4. The van der Waals surface area contributed by atoms with E-state index in [0.717, 1.165) is 12.5 Å². The second-order valence-corrected chi connectivity index (χ2v) is 6.68. The number of aromatic nitrogens is 2. The molecule has 19 heavy (non-hydrogen) atoms. The smallest absolute Gasteiger partial charge is 0.202 e. The van der Waals surface area contributed by atoms with Crippen molar-refractivity contribution in [3.05, 3.63) is 12.4 Å². The molecule has 0 atom stereocenters. The van der Waals surface area contributed by atoms with Crippen LogP contribution in [0.5, 0.6) is 0 Å². The monoisotopic (exact) mass is 263 g/mol. The van der Waals surface area contributed by atoms with Gasteiger partial charge in [-0.3, -0.25) is 0 Å². The Bertz CT molecular complexity index is 367. The third-order valence-corrected chi connectivity index (χ3v) is 4.52. The lowest BCUT2D eigenvalue weighted by molar-refractivity contribution is 0.252. The van der Waals surface area contributed by atoms with Gasteiger partial charge in [-0.1, -0.05) is 40.5 Å². The van der Waals surface area contributed by atoms with Crippen molar-refractivity contribution < 1.29 is 0 Å². The molecule has 1 fully saturated rings. The van der Waals surface area contributed by atoms with Crippen LogP contribution in [0.2, 0.25) is 0 Å². The fourth-order valence-corrected chi connectivity index (χ4v) is 3.27. The minimum atomic E-state index is 0.637. The van der Waals surface area contributed by atoms with Crippen molar-refractivity contribution >= 4 is 5.95 Å². The molecule has 0 saturated heterocycles. The van der Waals surface area contributed by atoms with Crippen LogP contribution in [0, 0.1) is 17.8 Å². The molecule has 1 heterocycles. The summed E-state index contributed by atoms with van der Waals surface area (Å²) in [5.41, 5.74) is 0. The molecule has 1 N–H and O–H groups in total. The van der Waals surface area contributed by atoms with E-state index < -0.39 is 0 Å². The molecular formula is C16H29N3. The van der Waals surface area contributed by atoms with Gasteiger partial charge in [-0.2, -0.15) is 0 Å². The van der Waals surface area contributed by atoms with Crippen LogP contribution >= 0.6 is 0 Å². The molecule has 2 rings (SSSR count). The van der Waals surface area contributed by atoms with Gasteiger partial charge in [0.05, 0.1) is 0 Å². The lowest BCUT2D eigenvalue weighted by Gasteiger charge is -2.26. The fourth-order valence-electron chi connectivity index (χ4n) is 3.27. The standard InChI is InChI=1S/C16H29N3/c1-12(2)15(13(3)4)11-19-10-9-17-16(19)18-14-7-5-6-8-14/h9-10,12-15H,5-8,11H2,1-4H3,(H,17,18). The van der Waals surface area contributed by atoms with E-state index in [2.05, 4.69) is 48.8 Å². The lowest BCUT2D eigenvalue weighted by Crippen LogP contribution is -2.24. The molecule has 3 heteroatoms. The molecule has 1 aliphatic rings. The minimum Gasteiger partial charge on any atom is -0.353 e. The van der Waals surface area contributed by atoms with E-state index in [1.807, 2.05) is 6.20 Å². The van der Waals surface area contributed by atoms with Crippen molar-refractivity contribution in [3.8, 4) is 0 Å². The Morgan fingerprint density at radius 1 is 1.21 bits per heavy atom. The zero-order chi connectivity index (χ0) is 13.8. The van der Waals surface area contributed by atoms with Gasteiger partial charge in [0.2, 0.25) is 5.95 Å². The quantitative estimate of drug-likeness (QED) is 0.835. The summed E-state index contributed by atoms with van der Waals surface area (Å²) in [6, 6.07) is 0.637. The second kappa shape index (κ2) is 6.44. The van der Waals surface area contributed by atoms with Gasteiger partial charge in [0.15, 0.2) is 0 Å². The van der Waals surface area contributed by atoms with E-state index in [1.54, 1.807) is 0 Å². The molecule has 108 valence electrons. The van der Waals surface area contributed by atoms with Crippen LogP contribution in [0.1, 0.15) is 53.4 Å². The molecule has 0 aliphatic heterocycles. The van der Waals surface area contributed by atoms with Gasteiger partial charge in [-0.25, -0.2) is 4.98 Å². The summed E-state index contributed by atoms with van der Waals surface area (Å²) < 4.78 is 2.31. The molecule has 0 amide bonds. The Morgan fingerprint density at radius 2 is 1.84 bits per heavy atom. The Labute approximate surface area is 117 Å². The number of rotatable bonds is 6. The molecular weight excluding hydrogens is 234 g/mol. The van der Waals surface area contributed by atoms with E-state index in [-0.39, 0.29) is 0 Å². The number of anilines is 1. The third kappa shape index (κ3) is 3.74. The number of nitrogens with zero attached hydrogens (tertiary/aromatic N) is 2. The highest BCUT2D eigenvalue weighted by Gasteiger charge is 2.21. The maximum absolute atomic E-state index is 4.50. The van der Waals surface area contributed by atoms with Gasteiger partial charge >= 0.3 is 0 Å². The van der Waals surface area contributed by atoms with Crippen LogP contribution in [0.15, 0.2) is 12.4 Å². The average Bonchev–Trinajstić information content (AvgIpc) is 2.97. The van der Waals surface area contributed by atoms with Crippen molar-refractivity contribution in [3.63, 3.8) is 0 Å². The van der Waals surface area contributed by atoms with Crippen molar-refractivity contribution in [2.75, 3.05) is 5.32 Å². The highest BCUT2D eigenvalue weighted by molar-refractivity contribution is 5.28. The van der Waals surface area contributed by atoms with Crippen LogP contribution in [-0.2, 0) is 6.54 Å². The first-order valence-electron chi connectivity index (χ1n) is 7.85. The first kappa shape index (κ1) is 14.4. The molecule has 1 aromatic rings. The predicted molar refractivity (Wildman–Crippen MR) is 81.3 cm³/mol. The van der Waals surface area contributed by atoms with Crippen LogP contribution in [0.25, 0.3) is 0 Å². The van der Waals surface area contributed by atoms with Crippen LogP contribution in [0.4, 0.5) is 5.95 Å². The SMILES string of the molecule is CC(C)C(Cn1ccnc1NC1CCCC1)C(C)C. The van der Waals surface area contributed by atoms with Gasteiger partial charge < -0.3 is 9.88 Å². The van der Waals surface area contributed by atoms with E-state index in [4.69, 9.17) is 0 Å². The van der Waals surface area contributed by atoms with Crippen molar-refractivity contribution in [2.45, 2.75) is 66.0 Å². The van der Waals surface area contributed by atoms with Gasteiger partial charge in [0.1, 0.15) is 0 Å². The summed E-state index contributed by atoms with van der Waals surface area (Å²) in [4.78, 5) is 4.50. The highest BCUT2D eigenvalue weighted by atomic mass is 15.2. The Morgan fingerprint density at radius 3 is 2.42 bits per heavy atom. The minimum absolute atomic E-state index is 0.637. The Kier molecular flexibility index (Phi) is 4.89. The average molecular weight is 263 g/mol. The number of nitrogens with one attached hydrogen (secondary N) is 1. The lowest BCUT2D eigenvalue weighted by atomic mass is 9.85. The fraction of sp³-hybridized carbons (Fsp3) is 0.812. The van der Waals surface area contributed by atoms with Gasteiger partial charge in [0.25, 0.3) is 0 Å². The second-order valence-electron chi connectivity index (χ2n) is 6.68. The largest absolute Gasteiger partial charge is 0.353 e. The Hall–Kier alpha value is -0.990. The van der Waals surface area contributed by atoms with Gasteiger partial charge in [-0.05, 0) is 30.6 Å². The van der Waals surface area contributed by atoms with Gasteiger partial charge in [-0.15, -0.1) is 0 Å². The summed E-state index contributed by atoms with van der Waals surface area (Å²) >= 11 is 0. The molecule has 0 radical (unpaired) electrons. The van der Waals surface area contributed by atoms with Crippen LogP contribution in [0.3, 0.4) is 0 Å². The molecule has 1 saturated carbocycles. The summed E-state index contributed by atoms with van der Waals surface area (Å²) in [6.07, 6.45) is 9.36. The molecule has 0 bridgehead atoms. The van der Waals surface area contributed by atoms with E-state index in [0.29, 0.717) is 23.8 Å². The van der Waals surface area contributed by atoms with Crippen molar-refractivity contribution in [2.24, 2.45) is 17.8 Å². The van der Waals surface area contributed by atoms with Gasteiger partial charge in [0, 0.05) is 25.0 Å². The van der Waals surface area contributed by atoms with E-state index in [9.17, 15) is 0 Å². The summed E-state index contributed by atoms with van der Waals surface area (Å²) in [5, 5.41) is 3.62. The van der Waals surface area contributed by atoms with Crippen LogP contribution < -0.4 is 5.32 Å². The third-order valence-electron chi connectivity index (χ3n) is 4.52. The number of hydrogen-bond donors (Lipinski definition) is 1. The maximum atomic E-state index is 4.50. The molecule has 0 unspecified atom stereocenters. The summed E-state index contributed by atoms with van der Waals surface area (Å²) in [5.74, 6) is 3.19.